The third kappa shape index (κ3) is 6.87. The van der Waals surface area contributed by atoms with Gasteiger partial charge in [-0.3, -0.25) is 9.79 Å². The maximum atomic E-state index is 12.1. The number of rotatable bonds is 9. The minimum atomic E-state index is -0.107. The van der Waals surface area contributed by atoms with E-state index in [1.165, 1.54) is 12.8 Å². The molecule has 8 heteroatoms. The van der Waals surface area contributed by atoms with Crippen LogP contribution in [0.25, 0.3) is 0 Å². The summed E-state index contributed by atoms with van der Waals surface area (Å²) >= 11 is 0. The lowest BCUT2D eigenvalue weighted by atomic mass is 10.1. The third-order valence-corrected chi connectivity index (χ3v) is 5.36. The number of nitrogens with zero attached hydrogens (tertiary/aromatic N) is 2. The molecule has 0 aliphatic heterocycles. The van der Waals surface area contributed by atoms with Gasteiger partial charge in [0.1, 0.15) is 5.82 Å². The molecule has 8 nitrogen and oxygen atoms in total. The Balaban J connectivity index is 1.49. The predicted octanol–water partition coefficient (Wildman–Crippen LogP) is 3.41. The van der Waals surface area contributed by atoms with Gasteiger partial charge in [0.2, 0.25) is 5.91 Å². The average molecular weight is 440 g/mol. The first kappa shape index (κ1) is 23.4. The van der Waals surface area contributed by atoms with Crippen molar-refractivity contribution in [1.29, 1.82) is 0 Å². The third-order valence-electron chi connectivity index (χ3n) is 5.36. The van der Waals surface area contributed by atoms with Gasteiger partial charge in [-0.1, -0.05) is 18.2 Å². The Labute approximate surface area is 189 Å². The van der Waals surface area contributed by atoms with Crippen molar-refractivity contribution in [2.24, 2.45) is 4.99 Å². The normalized spacial score (nSPS) is 14.2. The van der Waals surface area contributed by atoms with Crippen LogP contribution in [-0.4, -0.2) is 43.7 Å². The Morgan fingerprint density at radius 2 is 2.00 bits per heavy atom. The number of ether oxygens (including phenoxy) is 2. The summed E-state index contributed by atoms with van der Waals surface area (Å²) in [5.74, 6) is 2.58. The fraction of sp³-hybridized carbons (Fsp3) is 0.458. The van der Waals surface area contributed by atoms with E-state index in [-0.39, 0.29) is 12.0 Å². The first-order valence-corrected chi connectivity index (χ1v) is 11.1. The molecule has 1 saturated carbocycles. The number of para-hydroxylation sites is 1. The molecule has 1 aromatic carbocycles. The van der Waals surface area contributed by atoms with E-state index in [0.717, 1.165) is 35.5 Å². The Morgan fingerprint density at radius 1 is 1.19 bits per heavy atom. The van der Waals surface area contributed by atoms with Crippen molar-refractivity contribution in [3.63, 3.8) is 0 Å². The molecule has 1 fully saturated rings. The lowest BCUT2D eigenvalue weighted by Gasteiger charge is -2.20. The number of aromatic nitrogens is 1. The molecule has 0 unspecified atom stereocenters. The molecule has 1 aliphatic carbocycles. The van der Waals surface area contributed by atoms with Crippen molar-refractivity contribution < 1.29 is 14.3 Å². The zero-order valence-electron chi connectivity index (χ0n) is 19.1. The van der Waals surface area contributed by atoms with Crippen LogP contribution in [0.4, 0.5) is 5.82 Å². The van der Waals surface area contributed by atoms with Crippen molar-refractivity contribution in [3.05, 3.63) is 47.7 Å². The Bertz CT molecular complexity index is 908. The van der Waals surface area contributed by atoms with E-state index in [1.54, 1.807) is 26.4 Å². The van der Waals surface area contributed by atoms with Crippen molar-refractivity contribution >= 4 is 17.7 Å². The number of carbonyl (C=O) groups is 1. The van der Waals surface area contributed by atoms with Gasteiger partial charge in [-0.2, -0.15) is 0 Å². The average Bonchev–Trinajstić information content (AvgIpc) is 3.31. The van der Waals surface area contributed by atoms with E-state index in [2.05, 4.69) is 25.9 Å². The molecule has 0 radical (unpaired) electrons. The topological polar surface area (TPSA) is 96.9 Å². The smallest absolute Gasteiger partial charge is 0.227 e. The van der Waals surface area contributed by atoms with E-state index in [9.17, 15) is 4.79 Å². The van der Waals surface area contributed by atoms with E-state index in [4.69, 9.17) is 9.47 Å². The van der Waals surface area contributed by atoms with E-state index < -0.39 is 0 Å². The second-order valence-corrected chi connectivity index (χ2v) is 7.84. The van der Waals surface area contributed by atoms with Gasteiger partial charge in [-0.15, -0.1) is 0 Å². The number of amides is 1. The number of anilines is 1. The molecule has 1 aliphatic rings. The van der Waals surface area contributed by atoms with Crippen LogP contribution in [0.2, 0.25) is 0 Å². The minimum absolute atomic E-state index is 0.107. The largest absolute Gasteiger partial charge is 0.493 e. The van der Waals surface area contributed by atoms with Crippen LogP contribution in [0, 0.1) is 6.92 Å². The number of benzene rings is 1. The van der Waals surface area contributed by atoms with Gasteiger partial charge < -0.3 is 25.4 Å². The molecule has 3 rings (SSSR count). The van der Waals surface area contributed by atoms with E-state index >= 15 is 0 Å². The molecule has 0 bridgehead atoms. The zero-order valence-corrected chi connectivity index (χ0v) is 19.1. The maximum Gasteiger partial charge on any atom is 0.227 e. The second kappa shape index (κ2) is 11.9. The number of pyridine rings is 1. The monoisotopic (exact) mass is 439 g/mol. The van der Waals surface area contributed by atoms with Gasteiger partial charge in [-0.05, 0) is 50.3 Å². The number of methoxy groups -OCH3 is 1. The SMILES string of the molecule is CN=C(NCCC(=O)Nc1ccc(C)cn1)NCc1cccc(OC)c1OC1CCCC1. The highest BCUT2D eigenvalue weighted by atomic mass is 16.5. The molecule has 0 atom stereocenters. The minimum Gasteiger partial charge on any atom is -0.493 e. The molecule has 0 spiro atoms. The number of aryl methyl sites for hydroxylation is 1. The summed E-state index contributed by atoms with van der Waals surface area (Å²) in [7, 11) is 3.36. The van der Waals surface area contributed by atoms with Gasteiger partial charge in [0.05, 0.1) is 13.2 Å². The highest BCUT2D eigenvalue weighted by Gasteiger charge is 2.20. The summed E-state index contributed by atoms with van der Waals surface area (Å²) in [6.45, 7) is 2.93. The van der Waals surface area contributed by atoms with Crippen molar-refractivity contribution in [2.75, 3.05) is 26.0 Å². The van der Waals surface area contributed by atoms with Crippen LogP contribution in [0.1, 0.15) is 43.2 Å². The fourth-order valence-electron chi connectivity index (χ4n) is 3.61. The standard InChI is InChI=1S/C24H33N5O3/c1-17-11-12-21(27-15-17)29-22(30)13-14-26-24(25-2)28-16-18-7-6-10-20(31-3)23(18)32-19-8-4-5-9-19/h6-7,10-12,15,19H,4-5,8-9,13-14,16H2,1-3H3,(H2,25,26,28)(H,27,29,30). The van der Waals surface area contributed by atoms with Gasteiger partial charge in [0.15, 0.2) is 17.5 Å². The number of guanidine groups is 1. The summed E-state index contributed by atoms with van der Waals surface area (Å²) in [6.07, 6.45) is 6.83. The summed E-state index contributed by atoms with van der Waals surface area (Å²) in [5.41, 5.74) is 2.05. The highest BCUT2D eigenvalue weighted by Crippen LogP contribution is 2.34. The van der Waals surface area contributed by atoms with E-state index in [1.807, 2.05) is 31.2 Å². The summed E-state index contributed by atoms with van der Waals surface area (Å²) in [5, 5.41) is 9.26. The molecular formula is C24H33N5O3. The van der Waals surface area contributed by atoms with Crippen molar-refractivity contribution in [2.45, 2.75) is 51.7 Å². The second-order valence-electron chi connectivity index (χ2n) is 7.84. The number of hydrogen-bond acceptors (Lipinski definition) is 5. The van der Waals surface area contributed by atoms with Crippen LogP contribution in [0.3, 0.4) is 0 Å². The van der Waals surface area contributed by atoms with Crippen LogP contribution in [0.15, 0.2) is 41.5 Å². The first-order chi connectivity index (χ1) is 15.6. The molecule has 3 N–H and O–H groups in total. The zero-order chi connectivity index (χ0) is 22.8. The number of carbonyl (C=O) groups excluding carboxylic acids is 1. The molecule has 2 aromatic rings. The van der Waals surface area contributed by atoms with Gasteiger partial charge in [0, 0.05) is 38.3 Å². The quantitative estimate of drug-likeness (QED) is 0.409. The van der Waals surface area contributed by atoms with Gasteiger partial charge in [-0.25, -0.2) is 4.98 Å². The molecule has 0 saturated heterocycles. The van der Waals surface area contributed by atoms with Crippen LogP contribution < -0.4 is 25.4 Å². The van der Waals surface area contributed by atoms with Gasteiger partial charge in [0.25, 0.3) is 0 Å². The molecule has 32 heavy (non-hydrogen) atoms. The lowest BCUT2D eigenvalue weighted by Crippen LogP contribution is -2.38. The molecule has 172 valence electrons. The lowest BCUT2D eigenvalue weighted by molar-refractivity contribution is -0.116. The maximum absolute atomic E-state index is 12.1. The fourth-order valence-corrected chi connectivity index (χ4v) is 3.61. The van der Waals surface area contributed by atoms with Crippen LogP contribution in [0.5, 0.6) is 11.5 Å². The molecule has 1 heterocycles. The van der Waals surface area contributed by atoms with Crippen molar-refractivity contribution in [1.82, 2.24) is 15.6 Å². The number of hydrogen-bond donors (Lipinski definition) is 3. The Kier molecular flexibility index (Phi) is 8.71. The predicted molar refractivity (Wildman–Crippen MR) is 126 cm³/mol. The van der Waals surface area contributed by atoms with Crippen molar-refractivity contribution in [3.8, 4) is 11.5 Å². The molecular weight excluding hydrogens is 406 g/mol. The van der Waals surface area contributed by atoms with Crippen LogP contribution >= 0.6 is 0 Å². The Morgan fingerprint density at radius 3 is 2.69 bits per heavy atom. The summed E-state index contributed by atoms with van der Waals surface area (Å²) < 4.78 is 11.8. The number of nitrogens with one attached hydrogen (secondary N) is 3. The highest BCUT2D eigenvalue weighted by molar-refractivity contribution is 5.90. The summed E-state index contributed by atoms with van der Waals surface area (Å²) in [6, 6.07) is 9.60. The first-order valence-electron chi connectivity index (χ1n) is 11.1. The van der Waals surface area contributed by atoms with Crippen LogP contribution in [-0.2, 0) is 11.3 Å². The molecule has 1 amide bonds. The van der Waals surface area contributed by atoms with E-state index in [0.29, 0.717) is 31.3 Å². The van der Waals surface area contributed by atoms with Gasteiger partial charge >= 0.3 is 0 Å². The summed E-state index contributed by atoms with van der Waals surface area (Å²) in [4.78, 5) is 20.6. The number of aliphatic imine (C=N–C) groups is 1. The molecule has 1 aromatic heterocycles. The Hall–Kier alpha value is -3.29.